The van der Waals surface area contributed by atoms with Gasteiger partial charge in [0.25, 0.3) is 0 Å². The van der Waals surface area contributed by atoms with Gasteiger partial charge in [0, 0.05) is 5.92 Å². The molecule has 0 aliphatic heterocycles. The Hall–Kier alpha value is -3.11. The van der Waals surface area contributed by atoms with E-state index in [2.05, 4.69) is 38.1 Å². The molecule has 4 nitrogen and oxygen atoms in total. The van der Waals surface area contributed by atoms with E-state index in [4.69, 9.17) is 14.5 Å². The van der Waals surface area contributed by atoms with E-state index in [1.807, 2.05) is 54.6 Å². The van der Waals surface area contributed by atoms with Crippen LogP contribution in [0.25, 0.3) is 0 Å². The molecule has 3 aromatic carbocycles. The Morgan fingerprint density at radius 2 is 1.34 bits per heavy atom. The predicted octanol–water partition coefficient (Wildman–Crippen LogP) is 10.8. The lowest BCUT2D eigenvalue weighted by Gasteiger charge is -2.29. The molecule has 0 aromatic heterocycles. The van der Waals surface area contributed by atoms with Crippen molar-refractivity contribution < 1.29 is 19.3 Å². The van der Waals surface area contributed by atoms with E-state index < -0.39 is 0 Å². The number of carbonyl (C=O) groups excluding carboxylic acids is 1. The largest absolute Gasteiger partial charge is 0.461 e. The first-order valence-corrected chi connectivity index (χ1v) is 17.3. The van der Waals surface area contributed by atoms with Crippen LogP contribution >= 0.6 is 0 Å². The number of hydrogen-bond acceptors (Lipinski definition) is 4. The van der Waals surface area contributed by atoms with Gasteiger partial charge in [0.05, 0.1) is 5.56 Å². The van der Waals surface area contributed by atoms with Gasteiger partial charge in [0.2, 0.25) is 0 Å². The molecule has 1 unspecified atom stereocenters. The van der Waals surface area contributed by atoms with Gasteiger partial charge < -0.3 is 9.62 Å². The minimum atomic E-state index is -0.304. The summed E-state index contributed by atoms with van der Waals surface area (Å²) < 4.78 is 5.79. The lowest BCUT2D eigenvalue weighted by atomic mass is 9.77. The van der Waals surface area contributed by atoms with Gasteiger partial charge in [0.1, 0.15) is 13.2 Å². The van der Waals surface area contributed by atoms with E-state index in [0.29, 0.717) is 23.1 Å². The van der Waals surface area contributed by atoms with Crippen LogP contribution in [-0.2, 0) is 9.62 Å². The molecule has 2 aliphatic rings. The molecule has 2 fully saturated rings. The summed E-state index contributed by atoms with van der Waals surface area (Å²) in [5, 5.41) is 0. The second-order valence-electron chi connectivity index (χ2n) is 13.4. The quantitative estimate of drug-likeness (QED) is 0.0804. The Balaban J connectivity index is 1.09. The smallest absolute Gasteiger partial charge is 0.338 e. The van der Waals surface area contributed by atoms with E-state index in [0.717, 1.165) is 17.4 Å². The number of unbranched alkanes of at least 4 members (excludes halogenated alkanes) is 2. The average Bonchev–Trinajstić information content (AvgIpc) is 3.08. The van der Waals surface area contributed by atoms with Gasteiger partial charge in [-0.1, -0.05) is 107 Å². The van der Waals surface area contributed by atoms with Crippen LogP contribution in [0.3, 0.4) is 0 Å². The molecular weight excluding hydrogens is 544 g/mol. The topological polar surface area (TPSA) is 44.8 Å². The number of hydrogen-bond donors (Lipinski definition) is 0. The van der Waals surface area contributed by atoms with Crippen molar-refractivity contribution >= 4 is 5.97 Å². The lowest BCUT2D eigenvalue weighted by Crippen LogP contribution is -2.18. The molecule has 0 spiro atoms. The number of benzene rings is 3. The molecule has 5 rings (SSSR count). The molecule has 2 saturated carbocycles. The third-order valence-electron chi connectivity index (χ3n) is 10.2. The minimum absolute atomic E-state index is 0.143. The van der Waals surface area contributed by atoms with Crippen LogP contribution in [0.15, 0.2) is 78.9 Å². The monoisotopic (exact) mass is 596 g/mol. The van der Waals surface area contributed by atoms with Gasteiger partial charge in [-0.2, -0.15) is 4.89 Å². The van der Waals surface area contributed by atoms with E-state index in [-0.39, 0.29) is 25.1 Å². The zero-order valence-electron chi connectivity index (χ0n) is 26.9. The maximum Gasteiger partial charge on any atom is 0.338 e. The highest BCUT2D eigenvalue weighted by atomic mass is 17.2. The molecule has 0 heterocycles. The number of carbonyl (C=O) groups is 1. The summed E-state index contributed by atoms with van der Waals surface area (Å²) in [6, 6.07) is 26.5. The fraction of sp³-hybridized carbons (Fsp3) is 0.525. The summed E-state index contributed by atoms with van der Waals surface area (Å²) in [5.74, 6) is 3.24. The second kappa shape index (κ2) is 16.8. The maximum atomic E-state index is 13.0. The first kappa shape index (κ1) is 32.3. The number of ether oxygens (including phenoxy) is 1. The third kappa shape index (κ3) is 9.44. The minimum Gasteiger partial charge on any atom is -0.461 e. The van der Waals surface area contributed by atoms with E-state index in [1.165, 1.54) is 88.2 Å². The summed E-state index contributed by atoms with van der Waals surface area (Å²) in [6.07, 6.45) is 15.8. The Morgan fingerprint density at radius 3 is 1.98 bits per heavy atom. The second-order valence-corrected chi connectivity index (χ2v) is 13.4. The molecule has 0 N–H and O–H groups in total. The van der Waals surface area contributed by atoms with Crippen LogP contribution in [0.5, 0.6) is 5.75 Å². The van der Waals surface area contributed by atoms with Gasteiger partial charge >= 0.3 is 5.97 Å². The van der Waals surface area contributed by atoms with Crippen molar-refractivity contribution in [3.05, 3.63) is 101 Å². The van der Waals surface area contributed by atoms with Crippen LogP contribution in [0.4, 0.5) is 0 Å². The van der Waals surface area contributed by atoms with Gasteiger partial charge in [0.15, 0.2) is 5.75 Å². The molecule has 0 amide bonds. The van der Waals surface area contributed by atoms with E-state index in [1.54, 1.807) is 0 Å². The summed E-state index contributed by atoms with van der Waals surface area (Å²) in [7, 11) is 0. The van der Waals surface area contributed by atoms with Crippen LogP contribution < -0.4 is 4.89 Å². The number of esters is 1. The van der Waals surface area contributed by atoms with Gasteiger partial charge in [-0.05, 0) is 103 Å². The summed E-state index contributed by atoms with van der Waals surface area (Å²) >= 11 is 0. The first-order valence-electron chi connectivity index (χ1n) is 17.3. The lowest BCUT2D eigenvalue weighted by molar-refractivity contribution is -0.212. The summed E-state index contributed by atoms with van der Waals surface area (Å²) in [6.45, 7) is 5.12. The molecule has 0 bridgehead atoms. The normalized spacial score (nSPS) is 22.7. The molecule has 236 valence electrons. The molecule has 0 saturated heterocycles. The summed E-state index contributed by atoms with van der Waals surface area (Å²) in [4.78, 5) is 24.4. The maximum absolute atomic E-state index is 13.0. The summed E-state index contributed by atoms with van der Waals surface area (Å²) in [5.41, 5.74) is 4.37. The predicted molar refractivity (Wildman–Crippen MR) is 178 cm³/mol. The molecular formula is C40H52O4. The first-order chi connectivity index (χ1) is 21.6. The van der Waals surface area contributed by atoms with E-state index in [9.17, 15) is 4.79 Å². The fourth-order valence-electron chi connectivity index (χ4n) is 7.16. The molecule has 4 heteroatoms. The van der Waals surface area contributed by atoms with Crippen LogP contribution in [0.2, 0.25) is 0 Å². The zero-order chi connectivity index (χ0) is 30.6. The van der Waals surface area contributed by atoms with Crippen molar-refractivity contribution in [2.45, 2.75) is 109 Å². The van der Waals surface area contributed by atoms with Gasteiger partial charge in [-0.3, -0.25) is 0 Å². The van der Waals surface area contributed by atoms with Crippen LogP contribution in [-0.4, -0.2) is 19.2 Å². The Labute approximate surface area is 265 Å². The fourth-order valence-corrected chi connectivity index (χ4v) is 7.16. The van der Waals surface area contributed by atoms with Crippen molar-refractivity contribution in [1.82, 2.24) is 0 Å². The highest BCUT2D eigenvalue weighted by Crippen LogP contribution is 2.38. The molecule has 2 aliphatic carbocycles. The van der Waals surface area contributed by atoms with Crippen LogP contribution in [0.1, 0.15) is 136 Å². The molecule has 0 radical (unpaired) electrons. The van der Waals surface area contributed by atoms with Gasteiger partial charge in [-0.15, -0.1) is 0 Å². The standard InChI is InChI=1S/C40H52O4/c1-3-4-6-9-31-14-18-34(19-15-31)36-24-26-39(27-25-36)44-43-29-38(32-10-7-5-8-11-32)28-42-40(41)37-22-20-35(21-23-37)33-16-12-30(2)13-17-33/h5,7-8,10-11,20-27,30-31,33-34,38H,3-4,6,9,12-19,28-29H2,1-2H3. The highest BCUT2D eigenvalue weighted by molar-refractivity contribution is 5.89. The Bertz CT molecular complexity index is 1240. The van der Waals surface area contributed by atoms with Crippen molar-refractivity contribution in [2.24, 2.45) is 11.8 Å². The Morgan fingerprint density at radius 1 is 0.727 bits per heavy atom. The van der Waals surface area contributed by atoms with Crippen molar-refractivity contribution in [2.75, 3.05) is 13.2 Å². The number of rotatable bonds is 14. The van der Waals surface area contributed by atoms with Crippen molar-refractivity contribution in [3.63, 3.8) is 0 Å². The Kier molecular flexibility index (Phi) is 12.3. The van der Waals surface area contributed by atoms with Crippen LogP contribution in [0, 0.1) is 11.8 Å². The molecule has 3 aromatic rings. The molecule has 44 heavy (non-hydrogen) atoms. The van der Waals surface area contributed by atoms with Crippen molar-refractivity contribution in [1.29, 1.82) is 0 Å². The van der Waals surface area contributed by atoms with Crippen molar-refractivity contribution in [3.8, 4) is 5.75 Å². The third-order valence-corrected chi connectivity index (χ3v) is 10.2. The SMILES string of the molecule is CCCCCC1CCC(c2ccc(OOCC(COC(=O)c3ccc(C4CCC(C)CC4)cc3)c3ccccc3)cc2)CC1. The average molecular weight is 597 g/mol. The zero-order valence-corrected chi connectivity index (χ0v) is 26.9. The molecule has 1 atom stereocenters. The highest BCUT2D eigenvalue weighted by Gasteiger charge is 2.23. The van der Waals surface area contributed by atoms with Gasteiger partial charge in [-0.25, -0.2) is 4.79 Å². The van der Waals surface area contributed by atoms with E-state index >= 15 is 0 Å².